The van der Waals surface area contributed by atoms with Gasteiger partial charge < -0.3 is 11.1 Å². The van der Waals surface area contributed by atoms with Gasteiger partial charge in [-0.2, -0.15) is 5.26 Å². The Hall–Kier alpha value is -1.93. The molecule has 0 radical (unpaired) electrons. The van der Waals surface area contributed by atoms with Crippen LogP contribution in [-0.2, 0) is 4.79 Å². The fourth-order valence-electron chi connectivity index (χ4n) is 1.13. The van der Waals surface area contributed by atoms with Gasteiger partial charge in [-0.15, -0.1) is 0 Å². The minimum atomic E-state index is -0.628. The van der Waals surface area contributed by atoms with Crippen molar-refractivity contribution in [1.29, 1.82) is 5.26 Å². The molecule has 1 rings (SSSR count). The van der Waals surface area contributed by atoms with E-state index in [1.165, 1.54) is 12.1 Å². The van der Waals surface area contributed by atoms with Gasteiger partial charge in [-0.1, -0.05) is 6.92 Å². The van der Waals surface area contributed by atoms with Crippen LogP contribution in [0.25, 0.3) is 0 Å². The molecule has 1 atom stereocenters. The number of hydrogen-bond donors (Lipinski definition) is 2. The van der Waals surface area contributed by atoms with Gasteiger partial charge in [0.25, 0.3) is 0 Å². The first kappa shape index (κ1) is 12.1. The van der Waals surface area contributed by atoms with Gasteiger partial charge in [0, 0.05) is 0 Å². The minimum Gasteiger partial charge on any atom is -0.324 e. The first-order chi connectivity index (χ1) is 7.58. The van der Waals surface area contributed by atoms with E-state index in [0.717, 1.165) is 6.07 Å². The van der Waals surface area contributed by atoms with E-state index in [9.17, 15) is 9.18 Å². The Bertz CT molecular complexity index is 439. The molecule has 0 aromatic heterocycles. The lowest BCUT2D eigenvalue weighted by Crippen LogP contribution is -2.35. The van der Waals surface area contributed by atoms with Crippen molar-refractivity contribution in [3.63, 3.8) is 0 Å². The van der Waals surface area contributed by atoms with E-state index in [1.807, 2.05) is 0 Å². The number of amides is 1. The summed E-state index contributed by atoms with van der Waals surface area (Å²) in [6.07, 6.45) is 0.495. The summed E-state index contributed by atoms with van der Waals surface area (Å²) in [5, 5.41) is 11.2. The van der Waals surface area contributed by atoms with Crippen LogP contribution in [0, 0.1) is 17.1 Å². The maximum Gasteiger partial charge on any atom is 0.241 e. The lowest BCUT2D eigenvalue weighted by atomic mass is 10.1. The van der Waals surface area contributed by atoms with Crippen LogP contribution in [0.2, 0.25) is 0 Å². The van der Waals surface area contributed by atoms with Crippen LogP contribution in [-0.4, -0.2) is 11.9 Å². The quantitative estimate of drug-likeness (QED) is 0.809. The van der Waals surface area contributed by atoms with Crippen LogP contribution in [0.3, 0.4) is 0 Å². The van der Waals surface area contributed by atoms with Gasteiger partial charge in [-0.25, -0.2) is 4.39 Å². The summed E-state index contributed by atoms with van der Waals surface area (Å²) >= 11 is 0. The minimum absolute atomic E-state index is 0.0802. The average Bonchev–Trinajstić information content (AvgIpc) is 2.30. The Labute approximate surface area is 92.9 Å². The molecule has 0 aliphatic heterocycles. The SMILES string of the molecule is CC[C@H](N)C(=O)Nc1ccc(F)cc1C#N. The summed E-state index contributed by atoms with van der Waals surface area (Å²) in [7, 11) is 0. The molecule has 1 aromatic carbocycles. The molecule has 4 nitrogen and oxygen atoms in total. The summed E-state index contributed by atoms with van der Waals surface area (Å²) in [5.41, 5.74) is 5.87. The van der Waals surface area contributed by atoms with Crippen molar-refractivity contribution >= 4 is 11.6 Å². The first-order valence-corrected chi connectivity index (χ1v) is 4.84. The average molecular weight is 221 g/mol. The standard InChI is InChI=1S/C11H12FN3O/c1-2-9(14)11(16)15-10-4-3-8(12)5-7(10)6-13/h3-5,9H,2,14H2,1H3,(H,15,16)/t9-/m0/s1. The molecule has 0 saturated carbocycles. The molecular weight excluding hydrogens is 209 g/mol. The second-order valence-corrected chi connectivity index (χ2v) is 3.31. The number of hydrogen-bond acceptors (Lipinski definition) is 3. The number of nitrogens with zero attached hydrogens (tertiary/aromatic N) is 1. The molecule has 0 aliphatic carbocycles. The van der Waals surface area contributed by atoms with E-state index < -0.39 is 11.9 Å². The van der Waals surface area contributed by atoms with E-state index in [2.05, 4.69) is 5.32 Å². The third kappa shape index (κ3) is 2.78. The maximum atomic E-state index is 12.8. The topological polar surface area (TPSA) is 78.9 Å². The lowest BCUT2D eigenvalue weighted by Gasteiger charge is -2.10. The van der Waals surface area contributed by atoms with Crippen LogP contribution in [0.4, 0.5) is 10.1 Å². The van der Waals surface area contributed by atoms with Crippen LogP contribution in [0.1, 0.15) is 18.9 Å². The molecule has 0 saturated heterocycles. The third-order valence-electron chi connectivity index (χ3n) is 2.14. The highest BCUT2D eigenvalue weighted by molar-refractivity contribution is 5.95. The van der Waals surface area contributed by atoms with Crippen molar-refractivity contribution in [2.45, 2.75) is 19.4 Å². The first-order valence-electron chi connectivity index (χ1n) is 4.84. The van der Waals surface area contributed by atoms with Crippen molar-refractivity contribution in [3.8, 4) is 6.07 Å². The van der Waals surface area contributed by atoms with Gasteiger partial charge in [-0.05, 0) is 24.6 Å². The molecule has 0 fully saturated rings. The van der Waals surface area contributed by atoms with E-state index in [-0.39, 0.29) is 17.2 Å². The van der Waals surface area contributed by atoms with Crippen LogP contribution in [0.5, 0.6) is 0 Å². The summed E-state index contributed by atoms with van der Waals surface area (Å²) in [4.78, 5) is 11.5. The number of benzene rings is 1. The molecule has 1 aromatic rings. The number of halogens is 1. The molecule has 3 N–H and O–H groups in total. The number of nitriles is 1. The molecule has 5 heteroatoms. The molecule has 16 heavy (non-hydrogen) atoms. The fourth-order valence-corrected chi connectivity index (χ4v) is 1.13. The molecule has 0 unspecified atom stereocenters. The van der Waals surface area contributed by atoms with Crippen molar-refractivity contribution in [2.75, 3.05) is 5.32 Å². The zero-order chi connectivity index (χ0) is 12.1. The van der Waals surface area contributed by atoms with Crippen LogP contribution in [0.15, 0.2) is 18.2 Å². The number of nitrogens with two attached hydrogens (primary N) is 1. The normalized spacial score (nSPS) is 11.6. The smallest absolute Gasteiger partial charge is 0.241 e. The van der Waals surface area contributed by atoms with Crippen LogP contribution < -0.4 is 11.1 Å². The molecule has 1 amide bonds. The molecule has 0 spiro atoms. The van der Waals surface area contributed by atoms with Crippen molar-refractivity contribution < 1.29 is 9.18 Å². The number of anilines is 1. The maximum absolute atomic E-state index is 12.8. The highest BCUT2D eigenvalue weighted by Gasteiger charge is 2.13. The Morgan fingerprint density at radius 3 is 2.94 bits per heavy atom. The molecule has 0 bridgehead atoms. The third-order valence-corrected chi connectivity index (χ3v) is 2.14. The summed E-state index contributed by atoms with van der Waals surface area (Å²) < 4.78 is 12.8. The van der Waals surface area contributed by atoms with Gasteiger partial charge in [0.05, 0.1) is 17.3 Å². The van der Waals surface area contributed by atoms with E-state index in [0.29, 0.717) is 6.42 Å². The molecule has 0 heterocycles. The van der Waals surface area contributed by atoms with Crippen LogP contribution >= 0.6 is 0 Å². The molecular formula is C11H12FN3O. The predicted molar refractivity (Wildman–Crippen MR) is 58.0 cm³/mol. The number of nitrogens with one attached hydrogen (secondary N) is 1. The highest BCUT2D eigenvalue weighted by atomic mass is 19.1. The van der Waals surface area contributed by atoms with Gasteiger partial charge in [0.15, 0.2) is 0 Å². The van der Waals surface area contributed by atoms with E-state index in [4.69, 9.17) is 11.0 Å². The van der Waals surface area contributed by atoms with E-state index in [1.54, 1.807) is 13.0 Å². The number of carbonyl (C=O) groups excluding carboxylic acids is 1. The monoisotopic (exact) mass is 221 g/mol. The van der Waals surface area contributed by atoms with Crippen molar-refractivity contribution in [3.05, 3.63) is 29.6 Å². The summed E-state index contributed by atoms with van der Waals surface area (Å²) in [5.74, 6) is -0.903. The Balaban J connectivity index is 2.90. The largest absolute Gasteiger partial charge is 0.324 e. The lowest BCUT2D eigenvalue weighted by molar-refractivity contribution is -0.117. The Morgan fingerprint density at radius 2 is 2.38 bits per heavy atom. The molecule has 0 aliphatic rings. The number of rotatable bonds is 3. The summed E-state index contributed by atoms with van der Waals surface area (Å²) in [6, 6.07) is 4.75. The fraction of sp³-hybridized carbons (Fsp3) is 0.273. The van der Waals surface area contributed by atoms with E-state index >= 15 is 0 Å². The van der Waals surface area contributed by atoms with Gasteiger partial charge in [0.2, 0.25) is 5.91 Å². The zero-order valence-corrected chi connectivity index (χ0v) is 8.83. The van der Waals surface area contributed by atoms with Crippen molar-refractivity contribution in [1.82, 2.24) is 0 Å². The zero-order valence-electron chi connectivity index (χ0n) is 8.83. The van der Waals surface area contributed by atoms with Gasteiger partial charge >= 0.3 is 0 Å². The highest BCUT2D eigenvalue weighted by Crippen LogP contribution is 2.16. The second kappa shape index (κ2) is 5.24. The second-order valence-electron chi connectivity index (χ2n) is 3.31. The van der Waals surface area contributed by atoms with Gasteiger partial charge in [-0.3, -0.25) is 4.79 Å². The predicted octanol–water partition coefficient (Wildman–Crippen LogP) is 1.37. The Kier molecular flexibility index (Phi) is 3.97. The Morgan fingerprint density at radius 1 is 1.69 bits per heavy atom. The van der Waals surface area contributed by atoms with Gasteiger partial charge in [0.1, 0.15) is 11.9 Å². The number of carbonyl (C=O) groups is 1. The van der Waals surface area contributed by atoms with Crippen molar-refractivity contribution in [2.24, 2.45) is 5.73 Å². The molecule has 84 valence electrons. The summed E-state index contributed by atoms with van der Waals surface area (Å²) in [6.45, 7) is 1.78.